The van der Waals surface area contributed by atoms with Crippen molar-refractivity contribution in [3.8, 4) is 6.07 Å². The molecule has 0 unspecified atom stereocenters. The Morgan fingerprint density at radius 2 is 1.46 bits per heavy atom. The van der Waals surface area contributed by atoms with E-state index in [-0.39, 0.29) is 11.1 Å². The van der Waals surface area contributed by atoms with Gasteiger partial charge in [0.05, 0.1) is 19.1 Å². The number of hydrogen-bond acceptors (Lipinski definition) is 3. The summed E-state index contributed by atoms with van der Waals surface area (Å²) in [6.07, 6.45) is 0.304. The van der Waals surface area contributed by atoms with Gasteiger partial charge in [-0.05, 0) is 15.4 Å². The molecule has 2 N–H and O–H groups in total. The molecule has 0 saturated heterocycles. The Balaban J connectivity index is 2.56. The summed E-state index contributed by atoms with van der Waals surface area (Å²) in [5.41, 5.74) is 6.07. The van der Waals surface area contributed by atoms with E-state index in [2.05, 4.69) is 75.4 Å². The van der Waals surface area contributed by atoms with Gasteiger partial charge in [0.15, 0.2) is 0 Å². The van der Waals surface area contributed by atoms with Crippen LogP contribution in [-0.2, 0) is 4.43 Å². The van der Waals surface area contributed by atoms with Crippen LogP contribution in [0.15, 0.2) is 60.7 Å². The third-order valence-corrected chi connectivity index (χ3v) is 9.29. The molecule has 0 bridgehead atoms. The van der Waals surface area contributed by atoms with Gasteiger partial charge >= 0.3 is 0 Å². The van der Waals surface area contributed by atoms with Gasteiger partial charge in [-0.15, -0.1) is 0 Å². The van der Waals surface area contributed by atoms with Crippen molar-refractivity contribution >= 4 is 18.7 Å². The first-order chi connectivity index (χ1) is 11.4. The fourth-order valence-corrected chi connectivity index (χ4v) is 7.79. The van der Waals surface area contributed by atoms with E-state index in [1.165, 1.54) is 10.4 Å². The third-order valence-electron chi connectivity index (χ3n) is 4.28. The Bertz CT molecular complexity index is 635. The van der Waals surface area contributed by atoms with Gasteiger partial charge in [-0.25, -0.2) is 0 Å². The first-order valence-electron chi connectivity index (χ1n) is 8.29. The van der Waals surface area contributed by atoms with Crippen LogP contribution in [0.25, 0.3) is 0 Å². The topological polar surface area (TPSA) is 59.0 Å². The molecule has 4 heteroatoms. The van der Waals surface area contributed by atoms with E-state index in [1.807, 2.05) is 12.1 Å². The van der Waals surface area contributed by atoms with Crippen molar-refractivity contribution < 1.29 is 4.43 Å². The Labute approximate surface area is 146 Å². The van der Waals surface area contributed by atoms with Crippen molar-refractivity contribution in [3.63, 3.8) is 0 Å². The molecule has 3 nitrogen and oxygen atoms in total. The number of benzene rings is 2. The van der Waals surface area contributed by atoms with E-state index >= 15 is 0 Å². The zero-order valence-electron chi connectivity index (χ0n) is 14.7. The van der Waals surface area contributed by atoms with E-state index < -0.39 is 8.32 Å². The summed E-state index contributed by atoms with van der Waals surface area (Å²) in [6.45, 7) is 7.08. The molecule has 1 atom stereocenters. The number of hydrogen-bond donors (Lipinski definition) is 1. The zero-order valence-corrected chi connectivity index (χ0v) is 15.7. The highest BCUT2D eigenvalue weighted by Gasteiger charge is 2.50. The molecule has 0 aromatic heterocycles. The smallest absolute Gasteiger partial charge is 0.261 e. The fraction of sp³-hybridized carbons (Fsp3) is 0.350. The van der Waals surface area contributed by atoms with E-state index in [1.54, 1.807) is 0 Å². The van der Waals surface area contributed by atoms with E-state index in [0.717, 1.165) is 0 Å². The van der Waals surface area contributed by atoms with Gasteiger partial charge < -0.3 is 10.2 Å². The maximum absolute atomic E-state index is 8.89. The molecule has 2 aromatic carbocycles. The van der Waals surface area contributed by atoms with Gasteiger partial charge in [-0.3, -0.25) is 0 Å². The van der Waals surface area contributed by atoms with Gasteiger partial charge in [0, 0.05) is 6.04 Å². The molecule has 0 aliphatic rings. The van der Waals surface area contributed by atoms with Gasteiger partial charge in [-0.1, -0.05) is 81.4 Å². The molecule has 0 radical (unpaired) electrons. The molecule has 0 spiro atoms. The average molecular weight is 339 g/mol. The largest absolute Gasteiger partial charge is 0.406 e. The van der Waals surface area contributed by atoms with Crippen molar-refractivity contribution in [2.75, 3.05) is 6.61 Å². The molecule has 0 aliphatic carbocycles. The highest BCUT2D eigenvalue weighted by molar-refractivity contribution is 6.99. The molecule has 0 amide bonds. The van der Waals surface area contributed by atoms with Crippen LogP contribution in [-0.4, -0.2) is 21.0 Å². The standard InChI is InChI=1S/C20H26N2OSi/c1-20(2,3)24(18-10-6-4-7-11-18,19-12-8-5-9-13-19)23-16-17(22)14-15-21/h4-13,17H,14,16,22H2,1-3H3/t17-/m0/s1. The predicted octanol–water partition coefficient (Wildman–Crippen LogP) is 2.80. The average Bonchev–Trinajstić information content (AvgIpc) is 2.56. The minimum Gasteiger partial charge on any atom is -0.406 e. The quantitative estimate of drug-likeness (QED) is 0.824. The second-order valence-electron chi connectivity index (χ2n) is 7.10. The second-order valence-corrected chi connectivity index (χ2v) is 11.4. The Kier molecular flexibility index (Phi) is 5.95. The summed E-state index contributed by atoms with van der Waals surface area (Å²) in [6, 6.07) is 22.8. The highest BCUT2D eigenvalue weighted by Crippen LogP contribution is 2.36. The number of nitrogens with two attached hydrogens (primary N) is 1. The SMILES string of the molecule is CC(C)(C)[Si](OC[C@@H](N)CC#N)(c1ccccc1)c1ccccc1. The molecule has 2 aromatic rings. The summed E-state index contributed by atoms with van der Waals surface area (Å²) in [5, 5.41) is 11.3. The molecule has 0 heterocycles. The first-order valence-corrected chi connectivity index (χ1v) is 10.2. The number of nitrogens with zero attached hydrogens (tertiary/aromatic N) is 1. The number of rotatable bonds is 6. The zero-order chi connectivity index (χ0) is 17.6. The lowest BCUT2D eigenvalue weighted by Crippen LogP contribution is -2.67. The number of nitriles is 1. The maximum atomic E-state index is 8.89. The van der Waals surface area contributed by atoms with E-state index in [9.17, 15) is 0 Å². The lowest BCUT2D eigenvalue weighted by atomic mass is 10.2. The summed E-state index contributed by atoms with van der Waals surface area (Å²) in [4.78, 5) is 0. The van der Waals surface area contributed by atoms with Crippen LogP contribution < -0.4 is 16.1 Å². The fourth-order valence-electron chi connectivity index (χ4n) is 3.17. The van der Waals surface area contributed by atoms with Crippen molar-refractivity contribution in [3.05, 3.63) is 60.7 Å². The molecule has 24 heavy (non-hydrogen) atoms. The summed E-state index contributed by atoms with van der Waals surface area (Å²) in [5.74, 6) is 0. The van der Waals surface area contributed by atoms with Crippen LogP contribution in [0.4, 0.5) is 0 Å². The van der Waals surface area contributed by atoms with Crippen LogP contribution in [0, 0.1) is 11.3 Å². The molecule has 0 aliphatic heterocycles. The molecule has 0 saturated carbocycles. The monoisotopic (exact) mass is 338 g/mol. The van der Waals surface area contributed by atoms with E-state index in [0.29, 0.717) is 13.0 Å². The molecular weight excluding hydrogens is 312 g/mol. The van der Waals surface area contributed by atoms with Crippen LogP contribution in [0.5, 0.6) is 0 Å². The Morgan fingerprint density at radius 3 is 1.83 bits per heavy atom. The van der Waals surface area contributed by atoms with Crippen molar-refractivity contribution in [2.45, 2.75) is 38.3 Å². The minimum atomic E-state index is -2.53. The van der Waals surface area contributed by atoms with Crippen LogP contribution in [0.3, 0.4) is 0 Å². The molecule has 2 rings (SSSR count). The molecule has 126 valence electrons. The normalized spacial score (nSPS) is 13.3. The highest BCUT2D eigenvalue weighted by atomic mass is 28.4. The van der Waals surface area contributed by atoms with Crippen LogP contribution >= 0.6 is 0 Å². The van der Waals surface area contributed by atoms with Crippen molar-refractivity contribution in [1.82, 2.24) is 0 Å². The van der Waals surface area contributed by atoms with Gasteiger partial charge in [0.2, 0.25) is 0 Å². The second kappa shape index (κ2) is 7.76. The predicted molar refractivity (Wildman–Crippen MR) is 102 cm³/mol. The Morgan fingerprint density at radius 1 is 1.00 bits per heavy atom. The summed E-state index contributed by atoms with van der Waals surface area (Å²) < 4.78 is 6.64. The lowest BCUT2D eigenvalue weighted by Gasteiger charge is -2.43. The maximum Gasteiger partial charge on any atom is 0.261 e. The summed E-state index contributed by atoms with van der Waals surface area (Å²) >= 11 is 0. The van der Waals surface area contributed by atoms with Crippen LogP contribution in [0.1, 0.15) is 27.2 Å². The Hall–Kier alpha value is -1.93. The van der Waals surface area contributed by atoms with Crippen molar-refractivity contribution in [1.29, 1.82) is 5.26 Å². The molecule has 0 fully saturated rings. The minimum absolute atomic E-state index is 0.0674. The van der Waals surface area contributed by atoms with Gasteiger partial charge in [-0.2, -0.15) is 5.26 Å². The van der Waals surface area contributed by atoms with Crippen molar-refractivity contribution in [2.24, 2.45) is 5.73 Å². The van der Waals surface area contributed by atoms with E-state index in [4.69, 9.17) is 15.4 Å². The lowest BCUT2D eigenvalue weighted by molar-refractivity contribution is 0.273. The van der Waals surface area contributed by atoms with Gasteiger partial charge in [0.25, 0.3) is 8.32 Å². The van der Waals surface area contributed by atoms with Gasteiger partial charge in [0.1, 0.15) is 0 Å². The first kappa shape index (κ1) is 18.4. The summed E-state index contributed by atoms with van der Waals surface area (Å²) in [7, 11) is -2.53. The third kappa shape index (κ3) is 3.76. The van der Waals surface area contributed by atoms with Crippen LogP contribution in [0.2, 0.25) is 5.04 Å². The molecular formula is C20H26N2OSi.